The van der Waals surface area contributed by atoms with Crippen molar-refractivity contribution in [1.29, 1.82) is 0 Å². The van der Waals surface area contributed by atoms with E-state index in [2.05, 4.69) is 27.2 Å². The van der Waals surface area contributed by atoms with Crippen LogP contribution in [-0.4, -0.2) is 21.5 Å². The summed E-state index contributed by atoms with van der Waals surface area (Å²) in [4.78, 5) is 12.3. The molecular weight excluding hydrogens is 242 g/mol. The number of aromatic nitrogens is 3. The van der Waals surface area contributed by atoms with Crippen LogP contribution in [0.2, 0.25) is 0 Å². The molecule has 0 radical (unpaired) electrons. The summed E-state index contributed by atoms with van der Waals surface area (Å²) in [7, 11) is 0. The van der Waals surface area contributed by atoms with Crippen LogP contribution in [0.5, 0.6) is 11.6 Å². The van der Waals surface area contributed by atoms with Crippen molar-refractivity contribution < 1.29 is 4.74 Å². The van der Waals surface area contributed by atoms with Crippen LogP contribution >= 0.6 is 0 Å². The molecule has 0 atom stereocenters. The number of rotatable bonds is 5. The van der Waals surface area contributed by atoms with Crippen molar-refractivity contribution in [2.24, 2.45) is 0 Å². The van der Waals surface area contributed by atoms with Gasteiger partial charge in [-0.25, -0.2) is 0 Å². The average Bonchev–Trinajstić information content (AvgIpc) is 2.38. The van der Waals surface area contributed by atoms with Crippen molar-refractivity contribution in [3.63, 3.8) is 0 Å². The first-order valence-corrected chi connectivity index (χ1v) is 6.16. The monoisotopic (exact) mass is 259 g/mol. The fraction of sp³-hybridized carbons (Fsp3) is 0.308. The van der Waals surface area contributed by atoms with Gasteiger partial charge in [0.05, 0.1) is 6.20 Å². The maximum Gasteiger partial charge on any atom is 0.226 e. The van der Waals surface area contributed by atoms with Crippen LogP contribution in [0.4, 0.5) is 11.8 Å². The second kappa shape index (κ2) is 5.99. The van der Waals surface area contributed by atoms with Gasteiger partial charge in [-0.1, -0.05) is 6.92 Å². The van der Waals surface area contributed by atoms with Crippen molar-refractivity contribution in [2.75, 3.05) is 17.6 Å². The summed E-state index contributed by atoms with van der Waals surface area (Å²) in [6, 6.07) is 5.42. The van der Waals surface area contributed by atoms with E-state index in [1.807, 2.05) is 19.1 Å². The quantitative estimate of drug-likeness (QED) is 0.857. The second-order valence-corrected chi connectivity index (χ2v) is 4.11. The largest absolute Gasteiger partial charge is 0.437 e. The normalized spacial score (nSPS) is 10.2. The van der Waals surface area contributed by atoms with Crippen molar-refractivity contribution in [3.05, 3.63) is 30.1 Å². The Bertz CT molecular complexity index is 541. The van der Waals surface area contributed by atoms with Gasteiger partial charge in [0.1, 0.15) is 11.6 Å². The Hall–Kier alpha value is -2.37. The summed E-state index contributed by atoms with van der Waals surface area (Å²) in [5, 5.41) is 3.14. The highest BCUT2D eigenvalue weighted by Gasteiger charge is 2.04. The van der Waals surface area contributed by atoms with Gasteiger partial charge in [0.2, 0.25) is 11.8 Å². The Kier molecular flexibility index (Phi) is 4.12. The van der Waals surface area contributed by atoms with Gasteiger partial charge >= 0.3 is 0 Å². The van der Waals surface area contributed by atoms with Gasteiger partial charge in [0.15, 0.2) is 0 Å². The predicted octanol–water partition coefficient (Wildman–Crippen LogP) is 2.38. The lowest BCUT2D eigenvalue weighted by atomic mass is 10.4. The number of anilines is 2. The minimum absolute atomic E-state index is 0.177. The summed E-state index contributed by atoms with van der Waals surface area (Å²) in [6.07, 6.45) is 2.65. The number of ether oxygens (including phenoxy) is 1. The van der Waals surface area contributed by atoms with E-state index in [-0.39, 0.29) is 5.95 Å². The van der Waals surface area contributed by atoms with Gasteiger partial charge in [-0.3, -0.25) is 4.98 Å². The molecule has 0 aliphatic rings. The summed E-state index contributed by atoms with van der Waals surface area (Å²) < 4.78 is 5.60. The molecule has 0 aromatic carbocycles. The SMILES string of the molecule is CCCNc1cc(Oc2ccc(C)nc2)nc(N)n1. The van der Waals surface area contributed by atoms with Gasteiger partial charge in [-0.15, -0.1) is 0 Å². The van der Waals surface area contributed by atoms with Crippen LogP contribution < -0.4 is 15.8 Å². The van der Waals surface area contributed by atoms with Crippen molar-refractivity contribution >= 4 is 11.8 Å². The summed E-state index contributed by atoms with van der Waals surface area (Å²) in [6.45, 7) is 4.81. The summed E-state index contributed by atoms with van der Waals surface area (Å²) in [5.74, 6) is 1.85. The molecule has 100 valence electrons. The van der Waals surface area contributed by atoms with E-state index in [0.717, 1.165) is 18.7 Å². The van der Waals surface area contributed by atoms with Crippen LogP contribution in [0.3, 0.4) is 0 Å². The molecule has 6 nitrogen and oxygen atoms in total. The third-order valence-electron chi connectivity index (χ3n) is 2.38. The van der Waals surface area contributed by atoms with E-state index < -0.39 is 0 Å². The van der Waals surface area contributed by atoms with E-state index >= 15 is 0 Å². The number of hydrogen-bond acceptors (Lipinski definition) is 6. The third kappa shape index (κ3) is 3.80. The lowest BCUT2D eigenvalue weighted by molar-refractivity contribution is 0.460. The van der Waals surface area contributed by atoms with Gasteiger partial charge < -0.3 is 15.8 Å². The van der Waals surface area contributed by atoms with Crippen LogP contribution in [0.25, 0.3) is 0 Å². The molecule has 0 saturated heterocycles. The minimum Gasteiger partial charge on any atom is -0.437 e. The maximum atomic E-state index is 5.65. The van der Waals surface area contributed by atoms with Gasteiger partial charge in [-0.05, 0) is 25.5 Å². The number of pyridine rings is 1. The first-order valence-electron chi connectivity index (χ1n) is 6.16. The molecule has 6 heteroatoms. The number of hydrogen-bond donors (Lipinski definition) is 2. The lowest BCUT2D eigenvalue weighted by Gasteiger charge is -2.08. The Labute approximate surface area is 112 Å². The molecule has 0 unspecified atom stereocenters. The Morgan fingerprint density at radius 2 is 2.16 bits per heavy atom. The molecule has 0 aliphatic carbocycles. The number of nitrogen functional groups attached to an aromatic ring is 1. The third-order valence-corrected chi connectivity index (χ3v) is 2.38. The van der Waals surface area contributed by atoms with Crippen LogP contribution in [0, 0.1) is 6.92 Å². The van der Waals surface area contributed by atoms with Gasteiger partial charge in [0, 0.05) is 18.3 Å². The molecule has 2 aromatic heterocycles. The lowest BCUT2D eigenvalue weighted by Crippen LogP contribution is -2.05. The average molecular weight is 259 g/mol. The summed E-state index contributed by atoms with van der Waals surface area (Å²) >= 11 is 0. The van der Waals surface area contributed by atoms with Crippen molar-refractivity contribution in [1.82, 2.24) is 15.0 Å². The molecule has 0 fully saturated rings. The van der Waals surface area contributed by atoms with Crippen LogP contribution in [-0.2, 0) is 0 Å². The Morgan fingerprint density at radius 1 is 1.32 bits per heavy atom. The Balaban J connectivity index is 2.15. The van der Waals surface area contributed by atoms with Crippen LogP contribution in [0.15, 0.2) is 24.4 Å². The highest BCUT2D eigenvalue weighted by molar-refractivity contribution is 5.43. The molecule has 0 spiro atoms. The minimum atomic E-state index is 0.177. The molecule has 2 aromatic rings. The van der Waals surface area contributed by atoms with E-state index in [9.17, 15) is 0 Å². The van der Waals surface area contributed by atoms with E-state index in [0.29, 0.717) is 17.4 Å². The highest BCUT2D eigenvalue weighted by Crippen LogP contribution is 2.21. The molecule has 3 N–H and O–H groups in total. The molecule has 0 amide bonds. The van der Waals surface area contributed by atoms with Crippen LogP contribution in [0.1, 0.15) is 19.0 Å². The second-order valence-electron chi connectivity index (χ2n) is 4.11. The van der Waals surface area contributed by atoms with Gasteiger partial charge in [-0.2, -0.15) is 9.97 Å². The number of nitrogens with zero attached hydrogens (tertiary/aromatic N) is 3. The topological polar surface area (TPSA) is 86.0 Å². The number of nitrogens with one attached hydrogen (secondary N) is 1. The van der Waals surface area contributed by atoms with Crippen molar-refractivity contribution in [3.8, 4) is 11.6 Å². The predicted molar refractivity (Wildman–Crippen MR) is 74.3 cm³/mol. The zero-order valence-electron chi connectivity index (χ0n) is 11.1. The molecule has 0 saturated carbocycles. The molecule has 0 aliphatic heterocycles. The number of aryl methyl sites for hydroxylation is 1. The zero-order valence-corrected chi connectivity index (χ0v) is 11.1. The first kappa shape index (κ1) is 13.1. The smallest absolute Gasteiger partial charge is 0.226 e. The van der Waals surface area contributed by atoms with Crippen molar-refractivity contribution in [2.45, 2.75) is 20.3 Å². The highest BCUT2D eigenvalue weighted by atomic mass is 16.5. The fourth-order valence-electron chi connectivity index (χ4n) is 1.47. The summed E-state index contributed by atoms with van der Waals surface area (Å²) in [5.41, 5.74) is 6.58. The zero-order chi connectivity index (χ0) is 13.7. The molecule has 0 bridgehead atoms. The number of nitrogens with two attached hydrogens (primary N) is 1. The van der Waals surface area contributed by atoms with E-state index in [1.165, 1.54) is 0 Å². The van der Waals surface area contributed by atoms with Gasteiger partial charge in [0.25, 0.3) is 0 Å². The molecule has 19 heavy (non-hydrogen) atoms. The maximum absolute atomic E-state index is 5.65. The molecule has 2 heterocycles. The van der Waals surface area contributed by atoms with E-state index in [4.69, 9.17) is 10.5 Å². The Morgan fingerprint density at radius 3 is 2.84 bits per heavy atom. The van der Waals surface area contributed by atoms with E-state index in [1.54, 1.807) is 12.3 Å². The standard InChI is InChI=1S/C13H17N5O/c1-3-6-15-11-7-12(18-13(14)17-11)19-10-5-4-9(2)16-8-10/h4-5,7-8H,3,6H2,1-2H3,(H3,14,15,17,18). The fourth-order valence-corrected chi connectivity index (χ4v) is 1.47. The first-order chi connectivity index (χ1) is 9.17. The molecular formula is C13H17N5O. The molecule has 2 rings (SSSR count).